The summed E-state index contributed by atoms with van der Waals surface area (Å²) >= 11 is 0. The highest BCUT2D eigenvalue weighted by Crippen LogP contribution is 2.32. The van der Waals surface area contributed by atoms with Gasteiger partial charge in [-0.05, 0) is 24.0 Å². The van der Waals surface area contributed by atoms with E-state index < -0.39 is 0 Å². The van der Waals surface area contributed by atoms with E-state index in [1.165, 1.54) is 11.1 Å². The van der Waals surface area contributed by atoms with E-state index in [1.807, 2.05) is 12.1 Å². The number of nitrogens with two attached hydrogens (primary N) is 2. The van der Waals surface area contributed by atoms with Crippen molar-refractivity contribution in [1.82, 2.24) is 0 Å². The molecule has 2 heteroatoms. The van der Waals surface area contributed by atoms with Gasteiger partial charge in [-0.1, -0.05) is 24.3 Å². The monoisotopic (exact) mass is 162 g/mol. The molecule has 64 valence electrons. The van der Waals surface area contributed by atoms with E-state index in [1.54, 1.807) is 0 Å². The van der Waals surface area contributed by atoms with E-state index in [9.17, 15) is 0 Å². The minimum atomic E-state index is 0.195. The molecule has 1 aliphatic rings. The van der Waals surface area contributed by atoms with Crippen molar-refractivity contribution in [3.63, 3.8) is 0 Å². The van der Waals surface area contributed by atoms with Gasteiger partial charge < -0.3 is 11.5 Å². The molecule has 2 atom stereocenters. The Morgan fingerprint density at radius 2 is 1.33 bits per heavy atom. The lowest BCUT2D eigenvalue weighted by Gasteiger charge is -2.26. The Kier molecular flexibility index (Phi) is 1.87. The first-order valence-corrected chi connectivity index (χ1v) is 4.39. The molecule has 1 aromatic rings. The summed E-state index contributed by atoms with van der Waals surface area (Å²) in [6.07, 6.45) is 2.02. The lowest BCUT2D eigenvalue weighted by Crippen LogP contribution is -2.24. The van der Waals surface area contributed by atoms with Gasteiger partial charge in [0, 0.05) is 12.1 Å². The Labute approximate surface area is 72.6 Å². The Morgan fingerprint density at radius 1 is 0.917 bits per heavy atom. The lowest BCUT2D eigenvalue weighted by atomic mass is 9.85. The Hall–Kier alpha value is -0.860. The lowest BCUT2D eigenvalue weighted by molar-refractivity contribution is 0.501. The van der Waals surface area contributed by atoms with E-state index in [0.717, 1.165) is 12.8 Å². The molecule has 1 aromatic carbocycles. The van der Waals surface area contributed by atoms with Gasteiger partial charge in [0.15, 0.2) is 0 Å². The van der Waals surface area contributed by atoms with Crippen LogP contribution in [0.25, 0.3) is 0 Å². The van der Waals surface area contributed by atoms with Gasteiger partial charge in [0.1, 0.15) is 0 Å². The Balaban J connectivity index is 2.47. The molecule has 0 radical (unpaired) electrons. The molecule has 12 heavy (non-hydrogen) atoms. The van der Waals surface area contributed by atoms with Gasteiger partial charge in [0.2, 0.25) is 0 Å². The molecule has 1 aliphatic carbocycles. The molecule has 0 amide bonds. The first-order chi connectivity index (χ1) is 5.79. The smallest absolute Gasteiger partial charge is 0.0298 e. The van der Waals surface area contributed by atoms with E-state index >= 15 is 0 Å². The highest BCUT2D eigenvalue weighted by atomic mass is 14.7. The molecule has 0 aliphatic heterocycles. The molecule has 0 heterocycles. The maximum atomic E-state index is 5.95. The van der Waals surface area contributed by atoms with Crippen LogP contribution in [0.5, 0.6) is 0 Å². The fourth-order valence-electron chi connectivity index (χ4n) is 1.86. The predicted octanol–water partition coefficient (Wildman–Crippen LogP) is 1.48. The number of fused-ring (bicyclic) bond motifs is 1. The summed E-state index contributed by atoms with van der Waals surface area (Å²) < 4.78 is 0. The van der Waals surface area contributed by atoms with Crippen LogP contribution in [0.1, 0.15) is 36.1 Å². The van der Waals surface area contributed by atoms with Crippen molar-refractivity contribution in [1.29, 1.82) is 0 Å². The van der Waals surface area contributed by atoms with Crippen LogP contribution in [0.4, 0.5) is 0 Å². The number of hydrogen-bond acceptors (Lipinski definition) is 2. The van der Waals surface area contributed by atoms with Crippen LogP contribution < -0.4 is 11.5 Å². The molecule has 0 spiro atoms. The van der Waals surface area contributed by atoms with Gasteiger partial charge in [-0.3, -0.25) is 0 Å². The predicted molar refractivity (Wildman–Crippen MR) is 49.5 cm³/mol. The molecule has 0 saturated heterocycles. The number of rotatable bonds is 0. The minimum Gasteiger partial charge on any atom is -0.324 e. The second-order valence-electron chi connectivity index (χ2n) is 3.42. The molecular weight excluding hydrogens is 148 g/mol. The maximum Gasteiger partial charge on any atom is 0.0298 e. The van der Waals surface area contributed by atoms with Crippen molar-refractivity contribution in [2.24, 2.45) is 11.5 Å². The molecular formula is C10H14N2. The quantitative estimate of drug-likeness (QED) is 0.607. The first-order valence-electron chi connectivity index (χ1n) is 4.39. The fourth-order valence-corrected chi connectivity index (χ4v) is 1.86. The molecule has 0 aromatic heterocycles. The maximum absolute atomic E-state index is 5.95. The third kappa shape index (κ3) is 1.13. The normalized spacial score (nSPS) is 28.2. The summed E-state index contributed by atoms with van der Waals surface area (Å²) in [7, 11) is 0. The Bertz CT molecular complexity index is 254. The van der Waals surface area contributed by atoms with Gasteiger partial charge in [-0.2, -0.15) is 0 Å². The standard InChI is InChI=1S/C10H14N2/c11-9-5-6-10(12)8-4-2-1-3-7(8)9/h1-4,9-10H,5-6,11-12H2. The first kappa shape index (κ1) is 7.77. The average molecular weight is 162 g/mol. The summed E-state index contributed by atoms with van der Waals surface area (Å²) in [4.78, 5) is 0. The largest absolute Gasteiger partial charge is 0.324 e. The molecule has 0 saturated carbocycles. The molecule has 2 unspecified atom stereocenters. The zero-order valence-corrected chi connectivity index (χ0v) is 7.03. The molecule has 4 N–H and O–H groups in total. The topological polar surface area (TPSA) is 52.0 Å². The van der Waals surface area contributed by atoms with Crippen LogP contribution in [0, 0.1) is 0 Å². The van der Waals surface area contributed by atoms with Crippen LogP contribution in [0.2, 0.25) is 0 Å². The van der Waals surface area contributed by atoms with Crippen LogP contribution in [-0.4, -0.2) is 0 Å². The van der Waals surface area contributed by atoms with Crippen molar-refractivity contribution >= 4 is 0 Å². The van der Waals surface area contributed by atoms with Crippen molar-refractivity contribution in [3.8, 4) is 0 Å². The van der Waals surface area contributed by atoms with Gasteiger partial charge in [0.25, 0.3) is 0 Å². The summed E-state index contributed by atoms with van der Waals surface area (Å²) in [5.41, 5.74) is 14.4. The van der Waals surface area contributed by atoms with Crippen LogP contribution >= 0.6 is 0 Å². The second kappa shape index (κ2) is 2.88. The van der Waals surface area contributed by atoms with Crippen LogP contribution in [0.15, 0.2) is 24.3 Å². The molecule has 2 nitrogen and oxygen atoms in total. The zero-order chi connectivity index (χ0) is 8.55. The van der Waals surface area contributed by atoms with Gasteiger partial charge >= 0.3 is 0 Å². The minimum absolute atomic E-state index is 0.195. The van der Waals surface area contributed by atoms with E-state index in [4.69, 9.17) is 11.5 Å². The third-order valence-corrected chi connectivity index (χ3v) is 2.58. The zero-order valence-electron chi connectivity index (χ0n) is 7.03. The van der Waals surface area contributed by atoms with E-state index in [-0.39, 0.29) is 12.1 Å². The van der Waals surface area contributed by atoms with E-state index in [2.05, 4.69) is 12.1 Å². The van der Waals surface area contributed by atoms with Crippen LogP contribution in [0.3, 0.4) is 0 Å². The Morgan fingerprint density at radius 3 is 1.75 bits per heavy atom. The number of hydrogen-bond donors (Lipinski definition) is 2. The third-order valence-electron chi connectivity index (χ3n) is 2.58. The van der Waals surface area contributed by atoms with Crippen molar-refractivity contribution in [2.45, 2.75) is 24.9 Å². The fraction of sp³-hybridized carbons (Fsp3) is 0.400. The van der Waals surface area contributed by atoms with E-state index in [0.29, 0.717) is 0 Å². The highest BCUT2D eigenvalue weighted by Gasteiger charge is 2.21. The molecule has 0 bridgehead atoms. The van der Waals surface area contributed by atoms with Gasteiger partial charge in [0.05, 0.1) is 0 Å². The molecule has 2 rings (SSSR count). The summed E-state index contributed by atoms with van der Waals surface area (Å²) in [5, 5.41) is 0. The van der Waals surface area contributed by atoms with Crippen molar-refractivity contribution in [3.05, 3.63) is 35.4 Å². The van der Waals surface area contributed by atoms with Crippen molar-refractivity contribution in [2.75, 3.05) is 0 Å². The number of benzene rings is 1. The summed E-state index contributed by atoms with van der Waals surface area (Å²) in [6.45, 7) is 0. The van der Waals surface area contributed by atoms with Gasteiger partial charge in [-0.25, -0.2) is 0 Å². The van der Waals surface area contributed by atoms with Gasteiger partial charge in [-0.15, -0.1) is 0 Å². The second-order valence-corrected chi connectivity index (χ2v) is 3.42. The summed E-state index contributed by atoms with van der Waals surface area (Å²) in [5.74, 6) is 0. The van der Waals surface area contributed by atoms with Crippen LogP contribution in [-0.2, 0) is 0 Å². The molecule has 0 fully saturated rings. The SMILES string of the molecule is NC1CCC(N)c2ccccc21. The highest BCUT2D eigenvalue weighted by molar-refractivity contribution is 5.34. The average Bonchev–Trinajstić information content (AvgIpc) is 2.12. The summed E-state index contributed by atoms with van der Waals surface area (Å²) in [6, 6.07) is 8.60. The van der Waals surface area contributed by atoms with Crippen molar-refractivity contribution < 1.29 is 0 Å².